The van der Waals surface area contributed by atoms with Crippen LogP contribution in [0.5, 0.6) is 0 Å². The van der Waals surface area contributed by atoms with Crippen molar-refractivity contribution in [3.05, 3.63) is 65.7 Å². The monoisotopic (exact) mass is 401 g/mol. The summed E-state index contributed by atoms with van der Waals surface area (Å²) in [5.74, 6) is -3.29. The summed E-state index contributed by atoms with van der Waals surface area (Å²) in [6, 6.07) is 12.3. The zero-order chi connectivity index (χ0) is 21.0. The van der Waals surface area contributed by atoms with Crippen LogP contribution in [0.1, 0.15) is 24.2 Å². The average molecular weight is 401 g/mol. The number of hydrogen-bond donors (Lipinski definition) is 1. The van der Waals surface area contributed by atoms with E-state index in [1.807, 2.05) is 30.3 Å². The van der Waals surface area contributed by atoms with Gasteiger partial charge in [0.2, 0.25) is 5.91 Å². The fourth-order valence-electron chi connectivity index (χ4n) is 3.46. The number of hydrogen-bond acceptors (Lipinski definition) is 3. The summed E-state index contributed by atoms with van der Waals surface area (Å²) < 4.78 is 27.8. The number of benzene rings is 2. The van der Waals surface area contributed by atoms with Gasteiger partial charge in [-0.3, -0.25) is 9.59 Å². The summed E-state index contributed by atoms with van der Waals surface area (Å²) in [4.78, 5) is 29.4. The smallest absolute Gasteiger partial charge is 0.257 e. The Bertz CT molecular complexity index is 845. The van der Waals surface area contributed by atoms with Gasteiger partial charge in [-0.05, 0) is 30.2 Å². The van der Waals surface area contributed by atoms with Crippen molar-refractivity contribution in [1.29, 1.82) is 0 Å². The van der Waals surface area contributed by atoms with Gasteiger partial charge in [-0.2, -0.15) is 0 Å². The highest BCUT2D eigenvalue weighted by molar-refractivity contribution is 5.98. The molecule has 29 heavy (non-hydrogen) atoms. The first kappa shape index (κ1) is 20.8. The van der Waals surface area contributed by atoms with Gasteiger partial charge in [0.1, 0.15) is 23.2 Å². The zero-order valence-corrected chi connectivity index (χ0v) is 16.6. The molecule has 1 fully saturated rings. The fraction of sp³-hybridized carbons (Fsp3) is 0.364. The number of carbonyl (C=O) groups excluding carboxylic acids is 2. The Morgan fingerprint density at radius 1 is 0.897 bits per heavy atom. The van der Waals surface area contributed by atoms with Gasteiger partial charge < -0.3 is 15.1 Å². The van der Waals surface area contributed by atoms with Crippen LogP contribution in [0.4, 0.5) is 14.5 Å². The highest BCUT2D eigenvalue weighted by atomic mass is 19.1. The van der Waals surface area contributed by atoms with Crippen LogP contribution in [0.25, 0.3) is 0 Å². The Balaban J connectivity index is 1.67. The van der Waals surface area contributed by atoms with Crippen molar-refractivity contribution in [2.45, 2.75) is 19.9 Å². The molecule has 0 saturated carbocycles. The molecule has 0 spiro atoms. The van der Waals surface area contributed by atoms with Gasteiger partial charge in [0.05, 0.1) is 0 Å². The lowest BCUT2D eigenvalue weighted by atomic mass is 10.0. The molecule has 3 rings (SSSR count). The molecule has 154 valence electrons. The first-order valence-corrected chi connectivity index (χ1v) is 9.72. The van der Waals surface area contributed by atoms with Crippen LogP contribution in [-0.2, 0) is 4.79 Å². The summed E-state index contributed by atoms with van der Waals surface area (Å²) >= 11 is 0. The minimum Gasteiger partial charge on any atom is -0.368 e. The molecule has 5 nitrogen and oxygen atoms in total. The molecule has 1 N–H and O–H groups in total. The van der Waals surface area contributed by atoms with Gasteiger partial charge in [-0.1, -0.05) is 38.1 Å². The van der Waals surface area contributed by atoms with Crippen molar-refractivity contribution < 1.29 is 18.4 Å². The number of anilines is 1. The number of para-hydroxylation sites is 1. The number of rotatable bonds is 5. The van der Waals surface area contributed by atoms with Crippen LogP contribution >= 0.6 is 0 Å². The second-order valence-electron chi connectivity index (χ2n) is 7.44. The molecule has 0 aliphatic carbocycles. The van der Waals surface area contributed by atoms with Crippen molar-refractivity contribution in [2.24, 2.45) is 5.92 Å². The molecule has 0 unspecified atom stereocenters. The molecule has 0 bridgehead atoms. The van der Waals surface area contributed by atoms with E-state index in [0.29, 0.717) is 26.2 Å². The lowest BCUT2D eigenvalue weighted by Gasteiger charge is -2.38. The predicted molar refractivity (Wildman–Crippen MR) is 108 cm³/mol. The largest absolute Gasteiger partial charge is 0.368 e. The van der Waals surface area contributed by atoms with Gasteiger partial charge in [0, 0.05) is 31.9 Å². The Kier molecular flexibility index (Phi) is 6.46. The Morgan fingerprint density at radius 2 is 1.48 bits per heavy atom. The molecule has 1 heterocycles. The average Bonchev–Trinajstić information content (AvgIpc) is 2.72. The van der Waals surface area contributed by atoms with Crippen molar-refractivity contribution >= 4 is 17.5 Å². The standard InChI is InChI=1S/C22H25F2N3O2/c1-15(2)20(25-21(28)19-17(23)9-6-10-18(19)24)22(29)27-13-11-26(12-14-27)16-7-4-3-5-8-16/h3-10,15,20H,11-14H2,1-2H3,(H,25,28)/t20-/m0/s1. The number of amides is 2. The zero-order valence-electron chi connectivity index (χ0n) is 16.6. The molecule has 2 aromatic carbocycles. The summed E-state index contributed by atoms with van der Waals surface area (Å²) in [6.45, 7) is 5.97. The second-order valence-corrected chi connectivity index (χ2v) is 7.44. The summed E-state index contributed by atoms with van der Waals surface area (Å²) in [6.07, 6.45) is 0. The van der Waals surface area contributed by atoms with E-state index < -0.39 is 29.1 Å². The Labute approximate surface area is 169 Å². The first-order chi connectivity index (χ1) is 13.9. The highest BCUT2D eigenvalue weighted by Gasteiger charge is 2.32. The molecular weight excluding hydrogens is 376 g/mol. The molecule has 1 aliphatic rings. The molecule has 1 saturated heterocycles. The van der Waals surface area contributed by atoms with E-state index >= 15 is 0 Å². The third-order valence-electron chi connectivity index (χ3n) is 5.12. The third-order valence-corrected chi connectivity index (χ3v) is 5.12. The predicted octanol–water partition coefficient (Wildman–Crippen LogP) is 3.07. The van der Waals surface area contributed by atoms with Crippen LogP contribution in [0.15, 0.2) is 48.5 Å². The van der Waals surface area contributed by atoms with E-state index in [2.05, 4.69) is 10.2 Å². The normalized spacial score (nSPS) is 15.3. The number of piperazine rings is 1. The van der Waals surface area contributed by atoms with Gasteiger partial charge >= 0.3 is 0 Å². The molecule has 1 aliphatic heterocycles. The minimum atomic E-state index is -0.950. The number of nitrogens with zero attached hydrogens (tertiary/aromatic N) is 2. The maximum atomic E-state index is 13.9. The van der Waals surface area contributed by atoms with E-state index in [1.54, 1.807) is 18.7 Å². The van der Waals surface area contributed by atoms with Gasteiger partial charge in [-0.25, -0.2) is 8.78 Å². The van der Waals surface area contributed by atoms with E-state index in [9.17, 15) is 18.4 Å². The number of halogens is 2. The van der Waals surface area contributed by atoms with Gasteiger partial charge in [0.15, 0.2) is 0 Å². The van der Waals surface area contributed by atoms with Crippen molar-refractivity contribution in [2.75, 3.05) is 31.1 Å². The Hall–Kier alpha value is -2.96. The summed E-state index contributed by atoms with van der Waals surface area (Å²) in [7, 11) is 0. The van der Waals surface area contributed by atoms with Crippen LogP contribution < -0.4 is 10.2 Å². The molecule has 1 atom stereocenters. The maximum Gasteiger partial charge on any atom is 0.257 e. The van der Waals surface area contributed by atoms with Crippen molar-refractivity contribution in [3.8, 4) is 0 Å². The Morgan fingerprint density at radius 3 is 2.03 bits per heavy atom. The van der Waals surface area contributed by atoms with Crippen molar-refractivity contribution in [3.63, 3.8) is 0 Å². The molecule has 7 heteroatoms. The summed E-state index contributed by atoms with van der Waals surface area (Å²) in [5.41, 5.74) is 0.434. The quantitative estimate of drug-likeness (QED) is 0.838. The highest BCUT2D eigenvalue weighted by Crippen LogP contribution is 2.18. The van der Waals surface area contributed by atoms with E-state index in [0.717, 1.165) is 17.8 Å². The SMILES string of the molecule is CC(C)[C@H](NC(=O)c1c(F)cccc1F)C(=O)N1CCN(c2ccccc2)CC1. The molecule has 2 aromatic rings. The molecule has 2 amide bonds. The summed E-state index contributed by atoms with van der Waals surface area (Å²) in [5, 5.41) is 2.53. The molecular formula is C22H25F2N3O2. The van der Waals surface area contributed by atoms with E-state index in [-0.39, 0.29) is 11.8 Å². The molecule has 0 aromatic heterocycles. The van der Waals surface area contributed by atoms with Crippen LogP contribution in [0.3, 0.4) is 0 Å². The van der Waals surface area contributed by atoms with Gasteiger partial charge in [-0.15, -0.1) is 0 Å². The van der Waals surface area contributed by atoms with E-state index in [1.165, 1.54) is 6.07 Å². The third kappa shape index (κ3) is 4.72. The second kappa shape index (κ2) is 9.03. The first-order valence-electron chi connectivity index (χ1n) is 9.72. The minimum absolute atomic E-state index is 0.228. The van der Waals surface area contributed by atoms with Crippen LogP contribution in [0.2, 0.25) is 0 Å². The molecule has 0 radical (unpaired) electrons. The lowest BCUT2D eigenvalue weighted by molar-refractivity contribution is -0.134. The van der Waals surface area contributed by atoms with Crippen LogP contribution in [0, 0.1) is 17.6 Å². The number of carbonyl (C=O) groups is 2. The maximum absolute atomic E-state index is 13.9. The fourth-order valence-corrected chi connectivity index (χ4v) is 3.46. The van der Waals surface area contributed by atoms with Crippen LogP contribution in [-0.4, -0.2) is 48.9 Å². The van der Waals surface area contributed by atoms with E-state index in [4.69, 9.17) is 0 Å². The van der Waals surface area contributed by atoms with Gasteiger partial charge in [0.25, 0.3) is 5.91 Å². The van der Waals surface area contributed by atoms with Crippen molar-refractivity contribution in [1.82, 2.24) is 10.2 Å². The lowest BCUT2D eigenvalue weighted by Crippen LogP contribution is -2.56. The topological polar surface area (TPSA) is 52.7 Å². The number of nitrogens with one attached hydrogen (secondary N) is 1.